The molecule has 0 atom stereocenters. The number of phosphoric ester groups is 1. The van der Waals surface area contributed by atoms with Gasteiger partial charge in [-0.1, -0.05) is 72.8 Å². The molecule has 4 bridgehead atoms. The molecule has 196 valence electrons. The first kappa shape index (κ1) is 23.7. The molecule has 0 fully saturated rings. The number of fused-ring (bicyclic) bond motifs is 10. The molecular weight excluding hydrogens is 526 g/mol. The number of rotatable bonds is 6. The molecule has 3 aromatic carbocycles. The third kappa shape index (κ3) is 3.26. The Bertz CT molecular complexity index is 2120. The third-order valence-electron chi connectivity index (χ3n) is 7.23. The third-order valence-corrected chi connectivity index (χ3v) is 8.82. The average molecular weight is 548 g/mol. The lowest BCUT2D eigenvalue weighted by molar-refractivity contribution is 0.165. The molecule has 5 aromatic rings. The van der Waals surface area contributed by atoms with Gasteiger partial charge in [-0.3, -0.25) is 9.05 Å². The molecule has 8 rings (SSSR count). The summed E-state index contributed by atoms with van der Waals surface area (Å²) in [5, 5.41) is 3.48. The van der Waals surface area contributed by atoms with Gasteiger partial charge in [0, 0.05) is 32.7 Å². The Morgan fingerprint density at radius 3 is 1.75 bits per heavy atom. The highest BCUT2D eigenvalue weighted by molar-refractivity contribution is 7.49. The van der Waals surface area contributed by atoms with Crippen LogP contribution in [-0.4, -0.2) is 41.0 Å². The molecule has 0 saturated carbocycles. The van der Waals surface area contributed by atoms with Gasteiger partial charge in [0.05, 0.1) is 13.2 Å². The second-order valence-corrected chi connectivity index (χ2v) is 11.1. The highest BCUT2D eigenvalue weighted by Gasteiger charge is 2.44. The van der Waals surface area contributed by atoms with Crippen molar-refractivity contribution >= 4 is 59.9 Å². The quantitative estimate of drug-likeness (QED) is 0.222. The Labute approximate surface area is 228 Å². The summed E-state index contributed by atoms with van der Waals surface area (Å²) >= 11 is 0. The average Bonchev–Trinajstić information content (AvgIpc) is 3.59. The van der Waals surface area contributed by atoms with Gasteiger partial charge in [0.15, 0.2) is 11.7 Å². The van der Waals surface area contributed by atoms with Crippen LogP contribution in [0, 0.1) is 0 Å². The van der Waals surface area contributed by atoms with Crippen molar-refractivity contribution in [2.24, 2.45) is 20.0 Å². The Hall–Kier alpha value is -4.15. The van der Waals surface area contributed by atoms with E-state index in [1.807, 2.05) is 81.8 Å². The van der Waals surface area contributed by atoms with Crippen LogP contribution in [-0.2, 0) is 18.1 Å². The minimum absolute atomic E-state index is 0.147. The van der Waals surface area contributed by atoms with E-state index < -0.39 is 15.0 Å². The van der Waals surface area contributed by atoms with Gasteiger partial charge in [-0.05, 0) is 13.8 Å². The minimum atomic E-state index is -4.01. The lowest BCUT2D eigenvalue weighted by Gasteiger charge is -2.26. The van der Waals surface area contributed by atoms with Crippen molar-refractivity contribution in [2.75, 3.05) is 13.2 Å². The van der Waals surface area contributed by atoms with E-state index in [2.05, 4.69) is 0 Å². The maximum atomic E-state index is 13.9. The topological polar surface area (TPSA) is 104 Å². The van der Waals surface area contributed by atoms with Crippen molar-refractivity contribution in [2.45, 2.75) is 13.8 Å². The lowest BCUT2D eigenvalue weighted by atomic mass is 10.00. The summed E-state index contributed by atoms with van der Waals surface area (Å²) in [5.74, 6) is 2.27. The Balaban J connectivity index is 1.58. The number of benzene rings is 3. The van der Waals surface area contributed by atoms with Gasteiger partial charge in [0.1, 0.15) is 22.6 Å². The molecular formula is C28H22BN6O4P. The van der Waals surface area contributed by atoms with Crippen LogP contribution in [0.15, 0.2) is 92.8 Å². The van der Waals surface area contributed by atoms with E-state index in [0.29, 0.717) is 34.3 Å². The van der Waals surface area contributed by atoms with E-state index in [1.54, 1.807) is 13.8 Å². The first-order valence-corrected chi connectivity index (χ1v) is 14.6. The monoisotopic (exact) mass is 548 g/mol. The molecule has 5 heterocycles. The zero-order chi connectivity index (χ0) is 27.0. The number of phosphoric acid groups is 1. The largest absolute Gasteiger partial charge is 0.571 e. The molecule has 0 saturated heterocycles. The molecule has 10 nitrogen and oxygen atoms in total. The van der Waals surface area contributed by atoms with Gasteiger partial charge in [-0.25, -0.2) is 24.5 Å². The molecule has 0 radical (unpaired) electrons. The van der Waals surface area contributed by atoms with Crippen molar-refractivity contribution in [1.82, 2.24) is 8.96 Å². The standard InChI is InChI=1S/C28H22BN6O4P/c1-3-37-40(36,38-4-2)39-29-34-25-19-13-7-9-15-21(19)27(34)33-28-22-16-10-8-14-20(22)26(35(28)29)32-24-18-12-6-5-11-17(18)23(30-24)31-25/h5-16H,3-4H2,1-2H3. The maximum absolute atomic E-state index is 13.9. The SMILES string of the molecule is CCOP(=O)(OCC)OB1n2c3c4ccccc4c2N=c2c4ccccc4c(n21)=NC1=NC(=N3)c2ccccc21. The van der Waals surface area contributed by atoms with Crippen molar-refractivity contribution in [3.05, 3.63) is 94.9 Å². The number of hydrogen-bond donors (Lipinski definition) is 0. The van der Waals surface area contributed by atoms with Crippen molar-refractivity contribution in [3.63, 3.8) is 0 Å². The zero-order valence-electron chi connectivity index (χ0n) is 21.7. The number of aromatic nitrogens is 2. The lowest BCUT2D eigenvalue weighted by Crippen LogP contribution is -2.49. The van der Waals surface area contributed by atoms with Crippen LogP contribution in [0.5, 0.6) is 0 Å². The first-order chi connectivity index (χ1) is 19.6. The fourth-order valence-electron chi connectivity index (χ4n) is 5.65. The van der Waals surface area contributed by atoms with Gasteiger partial charge in [-0.2, -0.15) is 0 Å². The van der Waals surface area contributed by atoms with Crippen LogP contribution in [0.1, 0.15) is 25.0 Å². The van der Waals surface area contributed by atoms with Crippen molar-refractivity contribution in [1.29, 1.82) is 0 Å². The summed E-state index contributed by atoms with van der Waals surface area (Å²) in [4.78, 5) is 20.2. The van der Waals surface area contributed by atoms with E-state index in [0.717, 1.165) is 32.7 Å². The van der Waals surface area contributed by atoms with Crippen LogP contribution in [0.3, 0.4) is 0 Å². The summed E-state index contributed by atoms with van der Waals surface area (Å²) in [6.45, 7) is 3.79. The second-order valence-electron chi connectivity index (χ2n) is 9.48. The smallest absolute Gasteiger partial charge is 0.307 e. The summed E-state index contributed by atoms with van der Waals surface area (Å²) < 4.78 is 35.2. The van der Waals surface area contributed by atoms with E-state index in [9.17, 15) is 4.57 Å². The summed E-state index contributed by atoms with van der Waals surface area (Å²) in [6, 6.07) is 23.7. The molecule has 40 heavy (non-hydrogen) atoms. The van der Waals surface area contributed by atoms with E-state index in [-0.39, 0.29) is 13.2 Å². The molecule has 0 unspecified atom stereocenters. The Morgan fingerprint density at radius 2 is 1.15 bits per heavy atom. The number of hydrogen-bond acceptors (Lipinski definition) is 8. The number of aliphatic imine (C=N–C) groups is 2. The van der Waals surface area contributed by atoms with Crippen molar-refractivity contribution < 1.29 is 18.1 Å². The molecule has 0 N–H and O–H groups in total. The fourth-order valence-corrected chi connectivity index (χ4v) is 6.89. The summed E-state index contributed by atoms with van der Waals surface area (Å²) in [5.41, 5.74) is 2.96. The van der Waals surface area contributed by atoms with Crippen LogP contribution in [0.2, 0.25) is 0 Å². The molecule has 12 heteroatoms. The maximum Gasteiger partial charge on any atom is 0.571 e. The van der Waals surface area contributed by atoms with Gasteiger partial charge in [0.2, 0.25) is 0 Å². The Morgan fingerprint density at radius 1 is 0.650 bits per heavy atom. The highest BCUT2D eigenvalue weighted by atomic mass is 31.2. The van der Waals surface area contributed by atoms with Gasteiger partial charge in [-0.15, -0.1) is 0 Å². The fraction of sp³-hybridized carbons (Fsp3) is 0.143. The molecule has 0 amide bonds. The van der Waals surface area contributed by atoms with Crippen LogP contribution in [0.25, 0.3) is 21.5 Å². The normalized spacial score (nSPS) is 15.0. The van der Waals surface area contributed by atoms with Gasteiger partial charge < -0.3 is 13.4 Å². The Kier molecular flexibility index (Phi) is 5.14. The zero-order valence-corrected chi connectivity index (χ0v) is 22.6. The molecule has 2 aromatic heterocycles. The van der Waals surface area contributed by atoms with Gasteiger partial charge >= 0.3 is 15.0 Å². The van der Waals surface area contributed by atoms with Gasteiger partial charge in [0.25, 0.3) is 0 Å². The predicted molar refractivity (Wildman–Crippen MR) is 154 cm³/mol. The first-order valence-electron chi connectivity index (χ1n) is 13.1. The predicted octanol–water partition coefficient (Wildman–Crippen LogP) is 4.91. The summed E-state index contributed by atoms with van der Waals surface area (Å²) in [6.07, 6.45) is 0. The van der Waals surface area contributed by atoms with Crippen molar-refractivity contribution in [3.8, 4) is 0 Å². The molecule has 3 aliphatic heterocycles. The van der Waals surface area contributed by atoms with E-state index >= 15 is 0 Å². The highest BCUT2D eigenvalue weighted by Crippen LogP contribution is 2.51. The molecule has 3 aliphatic rings. The van der Waals surface area contributed by atoms with Crippen LogP contribution < -0.4 is 11.0 Å². The minimum Gasteiger partial charge on any atom is -0.307 e. The van der Waals surface area contributed by atoms with E-state index in [1.165, 1.54) is 0 Å². The molecule has 0 spiro atoms. The van der Waals surface area contributed by atoms with Crippen LogP contribution in [0.4, 0.5) is 11.6 Å². The van der Waals surface area contributed by atoms with Crippen LogP contribution >= 0.6 is 7.82 Å². The summed E-state index contributed by atoms with van der Waals surface area (Å²) in [7, 11) is -5.04. The second kappa shape index (κ2) is 8.68. The molecule has 0 aliphatic carbocycles. The van der Waals surface area contributed by atoms with E-state index in [4.69, 9.17) is 33.5 Å². The number of nitrogens with zero attached hydrogens (tertiary/aromatic N) is 6. The number of amidine groups is 2.